The predicted molar refractivity (Wildman–Crippen MR) is 90.6 cm³/mol. The van der Waals surface area contributed by atoms with Gasteiger partial charge in [-0.15, -0.1) is 0 Å². The zero-order valence-corrected chi connectivity index (χ0v) is 14.7. The summed E-state index contributed by atoms with van der Waals surface area (Å²) in [5.41, 5.74) is 2.82. The predicted octanol–water partition coefficient (Wildman–Crippen LogP) is 2.38. The molecule has 0 aliphatic carbocycles. The van der Waals surface area contributed by atoms with Crippen LogP contribution < -0.4 is 9.62 Å². The van der Waals surface area contributed by atoms with Crippen molar-refractivity contribution in [2.45, 2.75) is 40.0 Å². The first-order valence-electron chi connectivity index (χ1n) is 7.57. The summed E-state index contributed by atoms with van der Waals surface area (Å²) < 4.78 is 25.4. The molecule has 0 atom stereocenters. The second kappa shape index (κ2) is 8.17. The summed E-state index contributed by atoms with van der Waals surface area (Å²) in [6.45, 7) is 6.90. The summed E-state index contributed by atoms with van der Waals surface area (Å²) >= 11 is 0. The maximum Gasteiger partial charge on any atom is 0.232 e. The van der Waals surface area contributed by atoms with Crippen LogP contribution >= 0.6 is 0 Å². The van der Waals surface area contributed by atoms with Gasteiger partial charge in [0.1, 0.15) is 0 Å². The van der Waals surface area contributed by atoms with E-state index in [0.717, 1.165) is 17.5 Å². The molecule has 0 fully saturated rings. The molecule has 6 heteroatoms. The molecule has 1 rings (SSSR count). The van der Waals surface area contributed by atoms with Crippen molar-refractivity contribution in [1.29, 1.82) is 0 Å². The molecular weight excluding hydrogens is 300 g/mol. The van der Waals surface area contributed by atoms with Crippen LogP contribution in [0.4, 0.5) is 5.69 Å². The second-order valence-electron chi connectivity index (χ2n) is 5.56. The van der Waals surface area contributed by atoms with E-state index in [2.05, 4.69) is 5.32 Å². The lowest BCUT2D eigenvalue weighted by molar-refractivity contribution is -0.121. The Kier molecular flexibility index (Phi) is 6.87. The highest BCUT2D eigenvalue weighted by molar-refractivity contribution is 7.92. The average Bonchev–Trinajstić information content (AvgIpc) is 2.43. The molecule has 22 heavy (non-hydrogen) atoms. The van der Waals surface area contributed by atoms with Gasteiger partial charge >= 0.3 is 0 Å². The minimum absolute atomic E-state index is 0.0320. The number of aryl methyl sites for hydroxylation is 2. The Morgan fingerprint density at radius 3 is 2.45 bits per heavy atom. The monoisotopic (exact) mass is 326 g/mol. The Balaban J connectivity index is 2.75. The Bertz CT molecular complexity index is 612. The van der Waals surface area contributed by atoms with E-state index in [-0.39, 0.29) is 5.91 Å². The van der Waals surface area contributed by atoms with Crippen LogP contribution in [0.2, 0.25) is 0 Å². The third kappa shape index (κ3) is 5.67. The van der Waals surface area contributed by atoms with E-state index < -0.39 is 10.0 Å². The molecule has 0 aliphatic rings. The van der Waals surface area contributed by atoms with Gasteiger partial charge in [-0.1, -0.05) is 13.0 Å². The van der Waals surface area contributed by atoms with E-state index in [9.17, 15) is 13.2 Å². The van der Waals surface area contributed by atoms with E-state index in [4.69, 9.17) is 0 Å². The number of rotatable bonds is 8. The molecule has 0 aromatic heterocycles. The molecule has 0 bridgehead atoms. The summed E-state index contributed by atoms with van der Waals surface area (Å²) in [5.74, 6) is -0.0320. The van der Waals surface area contributed by atoms with E-state index in [1.165, 1.54) is 10.6 Å². The zero-order chi connectivity index (χ0) is 16.8. The van der Waals surface area contributed by atoms with Crippen LogP contribution in [0, 0.1) is 13.8 Å². The first-order chi connectivity index (χ1) is 10.3. The number of nitrogens with zero attached hydrogens (tertiary/aromatic N) is 1. The molecule has 1 amide bonds. The van der Waals surface area contributed by atoms with E-state index in [1.54, 1.807) is 6.07 Å². The Morgan fingerprint density at radius 1 is 1.23 bits per heavy atom. The van der Waals surface area contributed by atoms with Gasteiger partial charge < -0.3 is 5.32 Å². The quantitative estimate of drug-likeness (QED) is 0.797. The summed E-state index contributed by atoms with van der Waals surface area (Å²) in [6.07, 6.45) is 2.91. The van der Waals surface area contributed by atoms with Gasteiger partial charge in [-0.25, -0.2) is 8.42 Å². The van der Waals surface area contributed by atoms with Gasteiger partial charge in [-0.3, -0.25) is 9.10 Å². The average molecular weight is 326 g/mol. The van der Waals surface area contributed by atoms with Gasteiger partial charge in [0.15, 0.2) is 0 Å². The van der Waals surface area contributed by atoms with Crippen molar-refractivity contribution in [3.05, 3.63) is 29.3 Å². The Labute approximate surface area is 133 Å². The van der Waals surface area contributed by atoms with Crippen molar-refractivity contribution >= 4 is 21.6 Å². The van der Waals surface area contributed by atoms with Crippen molar-refractivity contribution in [2.24, 2.45) is 0 Å². The number of hydrogen-bond donors (Lipinski definition) is 1. The van der Waals surface area contributed by atoms with Crippen LogP contribution in [0.15, 0.2) is 18.2 Å². The van der Waals surface area contributed by atoms with E-state index >= 15 is 0 Å². The summed E-state index contributed by atoms with van der Waals surface area (Å²) in [5, 5.41) is 2.79. The number of carbonyl (C=O) groups is 1. The fourth-order valence-electron chi connectivity index (χ4n) is 2.10. The zero-order valence-electron chi connectivity index (χ0n) is 13.8. The lowest BCUT2D eigenvalue weighted by Gasteiger charge is -2.23. The van der Waals surface area contributed by atoms with Crippen LogP contribution in [0.1, 0.15) is 37.3 Å². The van der Waals surface area contributed by atoms with E-state index in [1.807, 2.05) is 32.9 Å². The van der Waals surface area contributed by atoms with Crippen molar-refractivity contribution in [2.75, 3.05) is 23.7 Å². The lowest BCUT2D eigenvalue weighted by Crippen LogP contribution is -2.32. The first-order valence-corrected chi connectivity index (χ1v) is 9.42. The van der Waals surface area contributed by atoms with Crippen LogP contribution in [-0.2, 0) is 14.8 Å². The molecule has 1 aromatic rings. The van der Waals surface area contributed by atoms with Gasteiger partial charge in [0.2, 0.25) is 15.9 Å². The van der Waals surface area contributed by atoms with Gasteiger partial charge in [0.25, 0.3) is 0 Å². The summed E-state index contributed by atoms with van der Waals surface area (Å²) in [4.78, 5) is 11.6. The minimum atomic E-state index is -3.36. The normalized spacial score (nSPS) is 11.3. The maximum atomic E-state index is 12.0. The molecule has 0 saturated carbocycles. The number of sulfonamides is 1. The molecule has 0 unspecified atom stereocenters. The number of nitrogens with one attached hydrogen (secondary N) is 1. The van der Waals surface area contributed by atoms with Crippen molar-refractivity contribution in [1.82, 2.24) is 5.32 Å². The molecular formula is C16H26N2O3S. The third-order valence-electron chi connectivity index (χ3n) is 3.52. The molecule has 124 valence electrons. The molecule has 0 saturated heterocycles. The van der Waals surface area contributed by atoms with Gasteiger partial charge in [-0.05, 0) is 49.9 Å². The van der Waals surface area contributed by atoms with Crippen LogP contribution in [0.3, 0.4) is 0 Å². The maximum absolute atomic E-state index is 12.0. The molecule has 0 heterocycles. The SMILES string of the molecule is CCCNC(=O)CCCN(c1ccc(C)c(C)c1)S(C)(=O)=O. The number of benzene rings is 1. The highest BCUT2D eigenvalue weighted by Crippen LogP contribution is 2.21. The molecule has 5 nitrogen and oxygen atoms in total. The third-order valence-corrected chi connectivity index (χ3v) is 4.71. The number of amides is 1. The van der Waals surface area contributed by atoms with Crippen molar-refractivity contribution < 1.29 is 13.2 Å². The number of anilines is 1. The van der Waals surface area contributed by atoms with Crippen molar-refractivity contribution in [3.8, 4) is 0 Å². The van der Waals surface area contributed by atoms with Crippen LogP contribution in [0.5, 0.6) is 0 Å². The first kappa shape index (κ1) is 18.5. The summed E-state index contributed by atoms with van der Waals surface area (Å²) in [7, 11) is -3.36. The highest BCUT2D eigenvalue weighted by atomic mass is 32.2. The molecule has 1 aromatic carbocycles. The minimum Gasteiger partial charge on any atom is -0.356 e. The smallest absolute Gasteiger partial charge is 0.232 e. The van der Waals surface area contributed by atoms with Gasteiger partial charge in [-0.2, -0.15) is 0 Å². The molecule has 0 aliphatic heterocycles. The lowest BCUT2D eigenvalue weighted by atomic mass is 10.1. The fraction of sp³-hybridized carbons (Fsp3) is 0.562. The molecule has 0 spiro atoms. The standard InChI is InChI=1S/C16H26N2O3S/c1-5-10-17-16(19)7-6-11-18(22(4,20)21)15-9-8-13(2)14(3)12-15/h8-9,12H,5-7,10-11H2,1-4H3,(H,17,19). The van der Waals surface area contributed by atoms with Crippen LogP contribution in [0.25, 0.3) is 0 Å². The van der Waals surface area contributed by atoms with Gasteiger partial charge in [0, 0.05) is 19.5 Å². The Morgan fingerprint density at radius 2 is 1.91 bits per heavy atom. The number of hydrogen-bond acceptors (Lipinski definition) is 3. The van der Waals surface area contributed by atoms with Gasteiger partial charge in [0.05, 0.1) is 11.9 Å². The Hall–Kier alpha value is -1.56. The fourth-order valence-corrected chi connectivity index (χ4v) is 3.06. The highest BCUT2D eigenvalue weighted by Gasteiger charge is 2.17. The van der Waals surface area contributed by atoms with Crippen LogP contribution in [-0.4, -0.2) is 33.7 Å². The second-order valence-corrected chi connectivity index (χ2v) is 7.46. The molecule has 0 radical (unpaired) electrons. The largest absolute Gasteiger partial charge is 0.356 e. The number of carbonyl (C=O) groups excluding carboxylic acids is 1. The topological polar surface area (TPSA) is 66.5 Å². The molecule has 1 N–H and O–H groups in total. The van der Waals surface area contributed by atoms with E-state index in [0.29, 0.717) is 31.6 Å². The summed E-state index contributed by atoms with van der Waals surface area (Å²) in [6, 6.07) is 5.59. The van der Waals surface area contributed by atoms with Crippen molar-refractivity contribution in [3.63, 3.8) is 0 Å².